The number of hydrogen-bond donors (Lipinski definition) is 2. The highest BCUT2D eigenvalue weighted by Gasteiger charge is 2.47. The molecule has 3 N–H and O–H groups in total. The second kappa shape index (κ2) is 8.25. The minimum absolute atomic E-state index is 0.109. The summed E-state index contributed by atoms with van der Waals surface area (Å²) >= 11 is 0. The summed E-state index contributed by atoms with van der Waals surface area (Å²) in [6, 6.07) is 11.3. The molecule has 1 aromatic heterocycles. The fourth-order valence-corrected chi connectivity index (χ4v) is 4.27. The number of nitrogens with two attached hydrogens (primary N) is 1. The molecular formula is C23H13F3N4O6S. The molecule has 3 aromatic rings. The lowest BCUT2D eigenvalue weighted by Crippen LogP contribution is -2.25. The number of alkyl halides is 3. The van der Waals surface area contributed by atoms with Crippen LogP contribution in [0, 0.1) is 0 Å². The van der Waals surface area contributed by atoms with Crippen molar-refractivity contribution in [1.82, 2.24) is 5.32 Å². The number of furan rings is 1. The van der Waals surface area contributed by atoms with Gasteiger partial charge in [0.1, 0.15) is 11.5 Å². The Bertz CT molecular complexity index is 1670. The van der Waals surface area contributed by atoms with Crippen LogP contribution in [0.25, 0.3) is 17.4 Å². The second-order valence-corrected chi connectivity index (χ2v) is 9.47. The molecule has 0 aliphatic carbocycles. The normalized spacial score (nSPS) is 16.9. The standard InChI is InChI=1S/C23H13F3N4O6S/c24-23(25,26)19-17(22(33)30(29-19)12-2-5-14(6-3-12)37(27,34)35)10-13-4-8-18(36-13)11-1-7-15-16(9-11)21(32)28-20(15)31/h1-10H,(H2,27,34,35)(H,28,31,32). The Labute approximate surface area is 205 Å². The van der Waals surface area contributed by atoms with E-state index in [1.807, 2.05) is 0 Å². The van der Waals surface area contributed by atoms with Crippen LogP contribution in [0.1, 0.15) is 26.5 Å². The maximum Gasteiger partial charge on any atom is 0.435 e. The molecule has 2 aliphatic rings. The van der Waals surface area contributed by atoms with Gasteiger partial charge in [0.2, 0.25) is 10.0 Å². The summed E-state index contributed by atoms with van der Waals surface area (Å²) in [7, 11) is -4.05. The van der Waals surface area contributed by atoms with E-state index >= 15 is 0 Å². The zero-order chi connectivity index (χ0) is 26.7. The molecular weight excluding hydrogens is 517 g/mol. The number of anilines is 1. The average Bonchev–Trinajstić information content (AvgIpc) is 3.50. The summed E-state index contributed by atoms with van der Waals surface area (Å²) in [5.41, 5.74) is -1.70. The fraction of sp³-hybridized carbons (Fsp3) is 0.0435. The van der Waals surface area contributed by atoms with E-state index in [-0.39, 0.29) is 33.2 Å². The van der Waals surface area contributed by atoms with E-state index in [1.165, 1.54) is 30.3 Å². The van der Waals surface area contributed by atoms with E-state index in [4.69, 9.17) is 9.56 Å². The number of nitrogens with one attached hydrogen (secondary N) is 1. The monoisotopic (exact) mass is 530 g/mol. The summed E-state index contributed by atoms with van der Waals surface area (Å²) in [6.45, 7) is 0. The number of imide groups is 1. The van der Waals surface area contributed by atoms with Crippen LogP contribution >= 0.6 is 0 Å². The molecule has 0 saturated carbocycles. The summed E-state index contributed by atoms with van der Waals surface area (Å²) in [4.78, 5) is 36.2. The Morgan fingerprint density at radius 3 is 2.27 bits per heavy atom. The van der Waals surface area contributed by atoms with Crippen molar-refractivity contribution in [3.63, 3.8) is 0 Å². The second-order valence-electron chi connectivity index (χ2n) is 7.91. The first-order valence-corrected chi connectivity index (χ1v) is 11.8. The van der Waals surface area contributed by atoms with Crippen LogP contribution in [-0.4, -0.2) is 38.0 Å². The fourth-order valence-electron chi connectivity index (χ4n) is 3.76. The number of hydrazone groups is 1. The van der Waals surface area contributed by atoms with Gasteiger partial charge in [-0.25, -0.2) is 13.6 Å². The molecule has 0 bridgehead atoms. The van der Waals surface area contributed by atoms with Crippen molar-refractivity contribution < 1.29 is 40.4 Å². The van der Waals surface area contributed by atoms with Crippen LogP contribution in [0.15, 0.2) is 74.6 Å². The molecule has 14 heteroatoms. The number of halogens is 3. The van der Waals surface area contributed by atoms with Gasteiger partial charge in [-0.1, -0.05) is 6.07 Å². The van der Waals surface area contributed by atoms with E-state index in [0.29, 0.717) is 10.6 Å². The lowest BCUT2D eigenvalue weighted by atomic mass is 10.0. The quantitative estimate of drug-likeness (QED) is 0.391. The minimum Gasteiger partial charge on any atom is -0.457 e. The molecule has 3 amide bonds. The number of sulfonamides is 1. The number of rotatable bonds is 4. The van der Waals surface area contributed by atoms with Gasteiger partial charge in [0.05, 0.1) is 27.3 Å². The van der Waals surface area contributed by atoms with Crippen molar-refractivity contribution in [1.29, 1.82) is 0 Å². The van der Waals surface area contributed by atoms with Crippen LogP contribution in [0.2, 0.25) is 0 Å². The summed E-state index contributed by atoms with van der Waals surface area (Å²) in [5.74, 6) is -2.19. The number of carbonyl (C=O) groups excluding carboxylic acids is 3. The summed E-state index contributed by atoms with van der Waals surface area (Å²) in [6.07, 6.45) is -4.12. The Morgan fingerprint density at radius 1 is 0.946 bits per heavy atom. The summed E-state index contributed by atoms with van der Waals surface area (Å²) < 4.78 is 69.6. The Kier molecular flexibility index (Phi) is 5.38. The maximum absolute atomic E-state index is 13.7. The van der Waals surface area contributed by atoms with Gasteiger partial charge in [0.15, 0.2) is 5.71 Å². The molecule has 0 spiro atoms. The minimum atomic E-state index is -4.99. The average molecular weight is 530 g/mol. The number of carbonyl (C=O) groups is 3. The van der Waals surface area contributed by atoms with Crippen molar-refractivity contribution >= 4 is 45.2 Å². The van der Waals surface area contributed by atoms with Crippen molar-refractivity contribution in [2.24, 2.45) is 10.2 Å². The first-order chi connectivity index (χ1) is 17.3. The molecule has 5 rings (SSSR count). The molecule has 0 fully saturated rings. The van der Waals surface area contributed by atoms with Crippen LogP contribution < -0.4 is 15.5 Å². The number of primary sulfonamides is 1. The third kappa shape index (κ3) is 4.32. The number of fused-ring (bicyclic) bond motifs is 1. The largest absolute Gasteiger partial charge is 0.457 e. The molecule has 0 saturated heterocycles. The topological polar surface area (TPSA) is 152 Å². The first kappa shape index (κ1) is 24.1. The lowest BCUT2D eigenvalue weighted by Gasteiger charge is -2.11. The number of nitrogens with zero attached hydrogens (tertiary/aromatic N) is 2. The lowest BCUT2D eigenvalue weighted by molar-refractivity contribution is -0.114. The van der Waals surface area contributed by atoms with E-state index < -0.39 is 45.2 Å². The molecule has 188 valence electrons. The Morgan fingerprint density at radius 2 is 1.62 bits per heavy atom. The van der Waals surface area contributed by atoms with Gasteiger partial charge in [0.25, 0.3) is 17.7 Å². The van der Waals surface area contributed by atoms with E-state index in [2.05, 4.69) is 10.4 Å². The molecule has 37 heavy (non-hydrogen) atoms. The predicted molar refractivity (Wildman–Crippen MR) is 123 cm³/mol. The van der Waals surface area contributed by atoms with Crippen molar-refractivity contribution in [2.45, 2.75) is 11.1 Å². The molecule has 3 heterocycles. The van der Waals surface area contributed by atoms with Crippen LogP contribution in [0.3, 0.4) is 0 Å². The van der Waals surface area contributed by atoms with Crippen molar-refractivity contribution in [3.05, 3.63) is 77.1 Å². The number of hydrogen-bond acceptors (Lipinski definition) is 7. The molecule has 2 aliphatic heterocycles. The SMILES string of the molecule is NS(=O)(=O)c1ccc(N2N=C(C(F)(F)F)C(=Cc3ccc(-c4ccc5c(c4)C(=O)NC5=O)o3)C2=O)cc1. The highest BCUT2D eigenvalue weighted by molar-refractivity contribution is 7.89. The van der Waals surface area contributed by atoms with Gasteiger partial charge in [-0.3, -0.25) is 19.7 Å². The molecule has 2 aromatic carbocycles. The van der Waals surface area contributed by atoms with Gasteiger partial charge in [-0.05, 0) is 54.6 Å². The van der Waals surface area contributed by atoms with Gasteiger partial charge in [-0.2, -0.15) is 23.3 Å². The van der Waals surface area contributed by atoms with E-state index in [9.17, 15) is 36.0 Å². The predicted octanol–water partition coefficient (Wildman–Crippen LogP) is 2.83. The number of benzene rings is 2. The Balaban J connectivity index is 1.49. The van der Waals surface area contributed by atoms with Crippen LogP contribution in [0.5, 0.6) is 0 Å². The van der Waals surface area contributed by atoms with Crippen molar-refractivity contribution in [2.75, 3.05) is 5.01 Å². The molecule has 0 unspecified atom stereocenters. The zero-order valence-corrected chi connectivity index (χ0v) is 19.1. The number of amides is 3. The molecule has 0 atom stereocenters. The maximum atomic E-state index is 13.7. The van der Waals surface area contributed by atoms with E-state index in [0.717, 1.165) is 30.3 Å². The van der Waals surface area contributed by atoms with Crippen LogP contribution in [0.4, 0.5) is 18.9 Å². The van der Waals surface area contributed by atoms with E-state index in [1.54, 1.807) is 0 Å². The van der Waals surface area contributed by atoms with Crippen LogP contribution in [-0.2, 0) is 14.8 Å². The van der Waals surface area contributed by atoms with Gasteiger partial charge in [-0.15, -0.1) is 0 Å². The van der Waals surface area contributed by atoms with Gasteiger partial charge in [0, 0.05) is 5.56 Å². The highest BCUT2D eigenvalue weighted by Crippen LogP contribution is 2.34. The van der Waals surface area contributed by atoms with Crippen molar-refractivity contribution in [3.8, 4) is 11.3 Å². The smallest absolute Gasteiger partial charge is 0.435 e. The molecule has 10 nitrogen and oxygen atoms in total. The third-order valence-corrected chi connectivity index (χ3v) is 6.42. The van der Waals surface area contributed by atoms with Gasteiger partial charge < -0.3 is 4.42 Å². The highest BCUT2D eigenvalue weighted by atomic mass is 32.2. The molecule has 0 radical (unpaired) electrons. The third-order valence-electron chi connectivity index (χ3n) is 5.49. The Hall–Kier alpha value is -4.56. The zero-order valence-electron chi connectivity index (χ0n) is 18.2. The summed E-state index contributed by atoms with van der Waals surface area (Å²) in [5, 5.41) is 11.1. The first-order valence-electron chi connectivity index (χ1n) is 10.3. The van der Waals surface area contributed by atoms with Gasteiger partial charge >= 0.3 is 6.18 Å².